The Kier molecular flexibility index (Phi) is 3.45. The lowest BCUT2D eigenvalue weighted by molar-refractivity contribution is -0.481. The predicted octanol–water partition coefficient (Wildman–Crippen LogP) is 4.88. The topological polar surface area (TPSA) is 32.9 Å². The molecule has 26 heavy (non-hydrogen) atoms. The highest BCUT2D eigenvalue weighted by Gasteiger charge is 2.46. The molecule has 0 N–H and O–H groups in total. The zero-order chi connectivity index (χ0) is 17.5. The van der Waals surface area contributed by atoms with Gasteiger partial charge in [0.1, 0.15) is 17.4 Å². The molecule has 0 saturated heterocycles. The van der Waals surface area contributed by atoms with Crippen molar-refractivity contribution in [2.24, 2.45) is 4.99 Å². The Bertz CT molecular complexity index is 991. The summed E-state index contributed by atoms with van der Waals surface area (Å²) in [6.45, 7) is 1.92. The molecule has 2 aliphatic rings. The number of amides is 1. The zero-order valence-electron chi connectivity index (χ0n) is 14.4. The Balaban J connectivity index is 1.69. The Morgan fingerprint density at radius 2 is 1.35 bits per heavy atom. The highest BCUT2D eigenvalue weighted by atomic mass is 16.5. The van der Waals surface area contributed by atoms with Crippen molar-refractivity contribution in [3.05, 3.63) is 95.6 Å². The first-order valence-corrected chi connectivity index (χ1v) is 8.81. The molecule has 0 amide bonds. The van der Waals surface area contributed by atoms with Crippen molar-refractivity contribution >= 4 is 11.6 Å². The fourth-order valence-corrected chi connectivity index (χ4v) is 3.84. The molecule has 0 fully saturated rings. The van der Waals surface area contributed by atoms with Crippen molar-refractivity contribution in [3.63, 3.8) is 0 Å². The highest BCUT2D eigenvalue weighted by molar-refractivity contribution is 6.11. The van der Waals surface area contributed by atoms with E-state index in [1.807, 2.05) is 61.5 Å². The van der Waals surface area contributed by atoms with Crippen molar-refractivity contribution in [2.75, 3.05) is 0 Å². The van der Waals surface area contributed by atoms with Crippen LogP contribution in [-0.4, -0.2) is 17.7 Å². The van der Waals surface area contributed by atoms with Gasteiger partial charge in [0.15, 0.2) is 5.71 Å². The predicted molar refractivity (Wildman–Crippen MR) is 102 cm³/mol. The van der Waals surface area contributed by atoms with Gasteiger partial charge in [-0.3, -0.25) is 0 Å². The van der Waals surface area contributed by atoms with Crippen molar-refractivity contribution < 1.29 is 9.16 Å². The SMILES string of the molecule is CC1=[O+]C(C2c3ccccc3Oc3ccccc32)C(c2ccccc2)=N1. The summed E-state index contributed by atoms with van der Waals surface area (Å²) < 4.78 is 12.4. The number of fused-ring (bicyclic) bond motifs is 2. The Labute approximate surface area is 152 Å². The van der Waals surface area contributed by atoms with Gasteiger partial charge in [-0.25, -0.2) is 4.42 Å². The number of hydrogen-bond acceptors (Lipinski definition) is 2. The second kappa shape index (κ2) is 5.95. The van der Waals surface area contributed by atoms with E-state index in [4.69, 9.17) is 14.2 Å². The second-order valence-electron chi connectivity index (χ2n) is 6.58. The van der Waals surface area contributed by atoms with Crippen molar-refractivity contribution in [2.45, 2.75) is 18.9 Å². The third-order valence-electron chi connectivity index (χ3n) is 4.95. The summed E-state index contributed by atoms with van der Waals surface area (Å²) in [7, 11) is 0. The first-order valence-electron chi connectivity index (χ1n) is 8.81. The molecule has 0 saturated carbocycles. The summed E-state index contributed by atoms with van der Waals surface area (Å²) in [5.41, 5.74) is 4.33. The van der Waals surface area contributed by atoms with Gasteiger partial charge in [-0.15, -0.1) is 0 Å². The smallest absolute Gasteiger partial charge is 0.417 e. The number of hydrogen-bond donors (Lipinski definition) is 0. The van der Waals surface area contributed by atoms with Crippen LogP contribution in [0.1, 0.15) is 29.5 Å². The molecule has 0 bridgehead atoms. The molecular formula is C23H18NO2+. The first kappa shape index (κ1) is 15.1. The summed E-state index contributed by atoms with van der Waals surface area (Å²) in [6, 6.07) is 26.6. The molecule has 126 valence electrons. The molecule has 3 aromatic carbocycles. The lowest BCUT2D eigenvalue weighted by atomic mass is 9.81. The number of ether oxygens (including phenoxy) is 1. The molecule has 5 rings (SSSR count). The largest absolute Gasteiger partial charge is 0.457 e. The van der Waals surface area contributed by atoms with Crippen LogP contribution >= 0.6 is 0 Å². The van der Waals surface area contributed by atoms with Crippen LogP contribution in [0.15, 0.2) is 83.9 Å². The second-order valence-corrected chi connectivity index (χ2v) is 6.58. The minimum Gasteiger partial charge on any atom is -0.457 e. The molecule has 1 unspecified atom stereocenters. The fraction of sp³-hybridized carbons (Fsp3) is 0.130. The summed E-state index contributed by atoms with van der Waals surface area (Å²) in [6.07, 6.45) is -0.177. The number of para-hydroxylation sites is 2. The van der Waals surface area contributed by atoms with Crippen LogP contribution < -0.4 is 4.74 Å². The van der Waals surface area contributed by atoms with Gasteiger partial charge in [0.25, 0.3) is 0 Å². The molecule has 3 heteroatoms. The normalized spacial score (nSPS) is 18.4. The number of nitrogens with zero attached hydrogens (tertiary/aromatic N) is 1. The molecule has 1 atom stereocenters. The van der Waals surface area contributed by atoms with Gasteiger partial charge in [-0.2, -0.15) is 4.99 Å². The van der Waals surface area contributed by atoms with Crippen LogP contribution in [0.4, 0.5) is 0 Å². The number of aliphatic imine (C=N–C) groups is 1. The number of rotatable bonds is 2. The van der Waals surface area contributed by atoms with Gasteiger partial charge in [-0.1, -0.05) is 66.7 Å². The number of benzene rings is 3. The Morgan fingerprint density at radius 1 is 0.769 bits per heavy atom. The molecule has 0 aromatic heterocycles. The molecule has 0 spiro atoms. The van der Waals surface area contributed by atoms with E-state index >= 15 is 0 Å². The van der Waals surface area contributed by atoms with E-state index in [-0.39, 0.29) is 12.0 Å². The third kappa shape index (κ3) is 2.36. The molecule has 3 aromatic rings. The van der Waals surface area contributed by atoms with Crippen LogP contribution in [0.2, 0.25) is 0 Å². The summed E-state index contributed by atoms with van der Waals surface area (Å²) >= 11 is 0. The van der Waals surface area contributed by atoms with Crippen LogP contribution in [0.3, 0.4) is 0 Å². The molecule has 3 nitrogen and oxygen atoms in total. The van der Waals surface area contributed by atoms with Crippen LogP contribution in [0, 0.1) is 0 Å². The molecule has 0 radical (unpaired) electrons. The van der Waals surface area contributed by atoms with Crippen LogP contribution in [0.25, 0.3) is 0 Å². The lowest BCUT2D eigenvalue weighted by Crippen LogP contribution is -2.30. The van der Waals surface area contributed by atoms with Crippen molar-refractivity contribution in [1.29, 1.82) is 0 Å². The standard InChI is InChI=1S/C23H18NO2/c1-15-24-22(16-9-3-2-4-10-16)23(25-15)21-17-11-5-7-13-19(17)26-20-14-8-6-12-18(20)21/h2-14,21,23H,1H3/q+1. The minimum atomic E-state index is -0.177. The monoisotopic (exact) mass is 340 g/mol. The molecular weight excluding hydrogens is 322 g/mol. The first-order chi connectivity index (χ1) is 12.8. The Hall–Kier alpha value is -3.20. The fourth-order valence-electron chi connectivity index (χ4n) is 3.84. The van der Waals surface area contributed by atoms with Crippen LogP contribution in [0.5, 0.6) is 11.5 Å². The zero-order valence-corrected chi connectivity index (χ0v) is 14.4. The highest BCUT2D eigenvalue weighted by Crippen LogP contribution is 2.46. The van der Waals surface area contributed by atoms with E-state index in [1.54, 1.807) is 0 Å². The summed E-state index contributed by atoms with van der Waals surface area (Å²) in [4.78, 5) is 4.73. The average Bonchev–Trinajstić information content (AvgIpc) is 3.08. The maximum absolute atomic E-state index is 6.24. The van der Waals surface area contributed by atoms with Gasteiger partial charge in [0.05, 0.1) is 6.92 Å². The van der Waals surface area contributed by atoms with Crippen molar-refractivity contribution in [3.8, 4) is 11.5 Å². The van der Waals surface area contributed by atoms with Gasteiger partial charge in [0.2, 0.25) is 0 Å². The summed E-state index contributed by atoms with van der Waals surface area (Å²) in [5.74, 6) is 2.51. The van der Waals surface area contributed by atoms with Gasteiger partial charge < -0.3 is 4.74 Å². The van der Waals surface area contributed by atoms with E-state index in [9.17, 15) is 0 Å². The van der Waals surface area contributed by atoms with Crippen LogP contribution in [-0.2, 0) is 4.42 Å². The lowest BCUT2D eigenvalue weighted by Gasteiger charge is -2.27. The van der Waals surface area contributed by atoms with Gasteiger partial charge in [-0.05, 0) is 12.1 Å². The average molecular weight is 340 g/mol. The molecule has 2 aliphatic heterocycles. The van der Waals surface area contributed by atoms with Gasteiger partial charge in [0, 0.05) is 16.7 Å². The maximum atomic E-state index is 6.24. The quantitative estimate of drug-likeness (QED) is 0.612. The maximum Gasteiger partial charge on any atom is 0.417 e. The van der Waals surface area contributed by atoms with Crippen molar-refractivity contribution in [1.82, 2.24) is 0 Å². The van der Waals surface area contributed by atoms with E-state index in [0.717, 1.165) is 33.9 Å². The van der Waals surface area contributed by atoms with Gasteiger partial charge >= 0.3 is 12.0 Å². The Morgan fingerprint density at radius 3 is 2.00 bits per heavy atom. The molecule has 2 heterocycles. The summed E-state index contributed by atoms with van der Waals surface area (Å²) in [5, 5.41) is 0. The van der Waals surface area contributed by atoms with E-state index in [1.165, 1.54) is 0 Å². The minimum absolute atomic E-state index is 0.0348. The van der Waals surface area contributed by atoms with E-state index < -0.39 is 0 Å². The third-order valence-corrected chi connectivity index (χ3v) is 4.95. The molecule has 0 aliphatic carbocycles. The van der Waals surface area contributed by atoms with E-state index in [0.29, 0.717) is 5.91 Å². The number of carbonyl (C=O) groups excluding carboxylic acids is 1. The van der Waals surface area contributed by atoms with E-state index in [2.05, 4.69) is 24.3 Å².